The van der Waals surface area contributed by atoms with Crippen molar-refractivity contribution in [1.29, 1.82) is 0 Å². The third-order valence-corrected chi connectivity index (χ3v) is 3.56. The summed E-state index contributed by atoms with van der Waals surface area (Å²) in [6.45, 7) is 4.14. The van der Waals surface area contributed by atoms with Gasteiger partial charge in [0.05, 0.1) is 0 Å². The fourth-order valence-electron chi connectivity index (χ4n) is 1.77. The molecule has 0 aliphatic carbocycles. The zero-order valence-corrected chi connectivity index (χ0v) is 11.5. The maximum atomic E-state index is 10.3. The highest BCUT2D eigenvalue weighted by Crippen LogP contribution is 2.24. The quantitative estimate of drug-likeness (QED) is 0.881. The first kappa shape index (κ1) is 12.3. The van der Waals surface area contributed by atoms with Gasteiger partial charge in [-0.2, -0.15) is 0 Å². The number of aliphatic hydroxyl groups is 1. The fourth-order valence-corrected chi connectivity index (χ4v) is 2.04. The van der Waals surface area contributed by atoms with Crippen LogP contribution in [0.4, 0.5) is 0 Å². The van der Waals surface area contributed by atoms with Crippen molar-refractivity contribution in [3.8, 4) is 0 Å². The topological polar surface area (TPSA) is 20.2 Å². The second-order valence-electron chi connectivity index (χ2n) is 4.30. The summed E-state index contributed by atoms with van der Waals surface area (Å²) in [7, 11) is 0. The van der Waals surface area contributed by atoms with E-state index in [1.807, 2.05) is 42.5 Å². The van der Waals surface area contributed by atoms with Crippen molar-refractivity contribution in [3.05, 3.63) is 69.2 Å². The van der Waals surface area contributed by atoms with Crippen molar-refractivity contribution in [3.63, 3.8) is 0 Å². The van der Waals surface area contributed by atoms with Crippen LogP contribution in [0.15, 0.2) is 46.9 Å². The number of aliphatic hydroxyl groups excluding tert-OH is 1. The summed E-state index contributed by atoms with van der Waals surface area (Å²) in [5.41, 5.74) is 4.31. The average molecular weight is 291 g/mol. The molecule has 2 aromatic rings. The molecule has 0 bridgehead atoms. The van der Waals surface area contributed by atoms with E-state index in [2.05, 4.69) is 29.8 Å². The van der Waals surface area contributed by atoms with Crippen LogP contribution in [-0.2, 0) is 0 Å². The highest BCUT2D eigenvalue weighted by atomic mass is 79.9. The minimum atomic E-state index is -0.553. The predicted molar refractivity (Wildman–Crippen MR) is 74.1 cm³/mol. The Balaban J connectivity index is 2.33. The van der Waals surface area contributed by atoms with Crippen molar-refractivity contribution in [1.82, 2.24) is 0 Å². The highest BCUT2D eigenvalue weighted by molar-refractivity contribution is 9.10. The molecule has 2 heteroatoms. The van der Waals surface area contributed by atoms with E-state index >= 15 is 0 Å². The van der Waals surface area contributed by atoms with Gasteiger partial charge in [-0.1, -0.05) is 46.3 Å². The summed E-state index contributed by atoms with van der Waals surface area (Å²) < 4.78 is 1.02. The molecule has 0 heterocycles. The van der Waals surface area contributed by atoms with E-state index < -0.39 is 6.10 Å². The summed E-state index contributed by atoms with van der Waals surface area (Å²) in [5, 5.41) is 10.3. The number of rotatable bonds is 2. The number of hydrogen-bond acceptors (Lipinski definition) is 1. The van der Waals surface area contributed by atoms with Crippen LogP contribution >= 0.6 is 15.9 Å². The van der Waals surface area contributed by atoms with Gasteiger partial charge < -0.3 is 5.11 Å². The van der Waals surface area contributed by atoms with Gasteiger partial charge in [0.2, 0.25) is 0 Å². The zero-order valence-electron chi connectivity index (χ0n) is 9.94. The highest BCUT2D eigenvalue weighted by Gasteiger charge is 2.10. The molecule has 0 aliphatic rings. The van der Waals surface area contributed by atoms with Crippen molar-refractivity contribution in [2.75, 3.05) is 0 Å². The van der Waals surface area contributed by atoms with Crippen LogP contribution in [0.1, 0.15) is 28.4 Å². The predicted octanol–water partition coefficient (Wildman–Crippen LogP) is 4.15. The summed E-state index contributed by atoms with van der Waals surface area (Å²) in [5.74, 6) is 0. The lowest BCUT2D eigenvalue weighted by Gasteiger charge is -2.13. The first-order valence-corrected chi connectivity index (χ1v) is 6.38. The fraction of sp³-hybridized carbons (Fsp3) is 0.200. The average Bonchev–Trinajstić information content (AvgIpc) is 2.33. The molecule has 88 valence electrons. The molecule has 0 saturated heterocycles. The Morgan fingerprint density at radius 2 is 1.47 bits per heavy atom. The molecule has 0 aliphatic heterocycles. The minimum absolute atomic E-state index is 0.553. The third kappa shape index (κ3) is 2.76. The lowest BCUT2D eigenvalue weighted by atomic mass is 9.98. The molecule has 1 N–H and O–H groups in total. The van der Waals surface area contributed by atoms with Gasteiger partial charge >= 0.3 is 0 Å². The molecule has 1 atom stereocenters. The van der Waals surface area contributed by atoms with Crippen LogP contribution in [0, 0.1) is 13.8 Å². The SMILES string of the molecule is Cc1ccc([C@H](O)c2ccc(Br)cc2)cc1C. The summed E-state index contributed by atoms with van der Waals surface area (Å²) >= 11 is 3.39. The second-order valence-corrected chi connectivity index (χ2v) is 5.21. The zero-order chi connectivity index (χ0) is 12.4. The van der Waals surface area contributed by atoms with Crippen molar-refractivity contribution in [2.45, 2.75) is 20.0 Å². The molecule has 1 nitrogen and oxygen atoms in total. The van der Waals surface area contributed by atoms with Gasteiger partial charge in [-0.3, -0.25) is 0 Å². The normalized spacial score (nSPS) is 12.5. The molecule has 17 heavy (non-hydrogen) atoms. The van der Waals surface area contributed by atoms with E-state index in [0.29, 0.717) is 0 Å². The van der Waals surface area contributed by atoms with Crippen LogP contribution < -0.4 is 0 Å². The molecule has 0 saturated carbocycles. The van der Waals surface area contributed by atoms with E-state index in [1.165, 1.54) is 11.1 Å². The maximum Gasteiger partial charge on any atom is 0.104 e. The Morgan fingerprint density at radius 3 is 2.06 bits per heavy atom. The molecule has 2 rings (SSSR count). The first-order valence-electron chi connectivity index (χ1n) is 5.58. The Kier molecular flexibility index (Phi) is 3.65. The van der Waals surface area contributed by atoms with Crippen molar-refractivity contribution in [2.24, 2.45) is 0 Å². The Bertz CT molecular complexity index is 517. The van der Waals surface area contributed by atoms with Gasteiger partial charge in [0.25, 0.3) is 0 Å². The summed E-state index contributed by atoms with van der Waals surface area (Å²) in [4.78, 5) is 0. The van der Waals surface area contributed by atoms with Crippen LogP contribution in [-0.4, -0.2) is 5.11 Å². The van der Waals surface area contributed by atoms with Gasteiger partial charge in [-0.05, 0) is 48.2 Å². The van der Waals surface area contributed by atoms with E-state index in [0.717, 1.165) is 15.6 Å². The van der Waals surface area contributed by atoms with Crippen LogP contribution in [0.2, 0.25) is 0 Å². The Hall–Kier alpha value is -1.12. The third-order valence-electron chi connectivity index (χ3n) is 3.03. The number of hydrogen-bond donors (Lipinski definition) is 1. The maximum absolute atomic E-state index is 10.3. The van der Waals surface area contributed by atoms with Gasteiger partial charge in [-0.25, -0.2) is 0 Å². The lowest BCUT2D eigenvalue weighted by Crippen LogP contribution is -2.00. The molecular formula is C15H15BrO. The smallest absolute Gasteiger partial charge is 0.104 e. The van der Waals surface area contributed by atoms with Crippen LogP contribution in [0.5, 0.6) is 0 Å². The van der Waals surface area contributed by atoms with Crippen LogP contribution in [0.25, 0.3) is 0 Å². The second kappa shape index (κ2) is 5.03. The van der Waals surface area contributed by atoms with Crippen molar-refractivity contribution < 1.29 is 5.11 Å². The summed E-state index contributed by atoms with van der Waals surface area (Å²) in [6, 6.07) is 13.8. The van der Waals surface area contributed by atoms with Gasteiger partial charge in [0.1, 0.15) is 6.10 Å². The molecule has 2 aromatic carbocycles. The summed E-state index contributed by atoms with van der Waals surface area (Å²) in [6.07, 6.45) is -0.553. The molecule has 0 amide bonds. The molecular weight excluding hydrogens is 276 g/mol. The van der Waals surface area contributed by atoms with E-state index in [9.17, 15) is 5.11 Å². The van der Waals surface area contributed by atoms with Crippen LogP contribution in [0.3, 0.4) is 0 Å². The van der Waals surface area contributed by atoms with Gasteiger partial charge in [0, 0.05) is 4.47 Å². The molecule has 0 radical (unpaired) electrons. The first-order chi connectivity index (χ1) is 8.08. The largest absolute Gasteiger partial charge is 0.384 e. The number of halogens is 1. The minimum Gasteiger partial charge on any atom is -0.384 e. The molecule has 0 spiro atoms. The molecule has 0 fully saturated rings. The Morgan fingerprint density at radius 1 is 0.882 bits per heavy atom. The number of aryl methyl sites for hydroxylation is 2. The van der Waals surface area contributed by atoms with Gasteiger partial charge in [-0.15, -0.1) is 0 Å². The van der Waals surface area contributed by atoms with E-state index in [4.69, 9.17) is 0 Å². The van der Waals surface area contributed by atoms with E-state index in [1.54, 1.807) is 0 Å². The van der Waals surface area contributed by atoms with E-state index in [-0.39, 0.29) is 0 Å². The lowest BCUT2D eigenvalue weighted by molar-refractivity contribution is 0.220. The molecule has 0 unspecified atom stereocenters. The van der Waals surface area contributed by atoms with Crippen molar-refractivity contribution >= 4 is 15.9 Å². The Labute approximate surface area is 110 Å². The standard InChI is InChI=1S/C15H15BrO/c1-10-3-4-13(9-11(10)2)15(17)12-5-7-14(16)8-6-12/h3-9,15,17H,1-2H3/t15-/m1/s1. The monoisotopic (exact) mass is 290 g/mol. The number of benzene rings is 2. The van der Waals surface area contributed by atoms with Gasteiger partial charge in [0.15, 0.2) is 0 Å². The molecule has 0 aromatic heterocycles.